The monoisotopic (exact) mass is 273 g/mol. The van der Waals surface area contributed by atoms with Gasteiger partial charge in [-0.15, -0.1) is 0 Å². The Morgan fingerprint density at radius 1 is 1.45 bits per heavy atom. The summed E-state index contributed by atoms with van der Waals surface area (Å²) in [4.78, 5) is 11.8. The molecule has 0 atom stereocenters. The SMILES string of the molecule is NCC#Cc1ccc(C(=O)NCc2ccon2)c(F)c1. The molecule has 2 aromatic rings. The smallest absolute Gasteiger partial charge is 0.254 e. The van der Waals surface area contributed by atoms with Gasteiger partial charge in [-0.3, -0.25) is 4.79 Å². The van der Waals surface area contributed by atoms with Crippen LogP contribution >= 0.6 is 0 Å². The van der Waals surface area contributed by atoms with Crippen molar-refractivity contribution in [2.75, 3.05) is 6.54 Å². The molecule has 0 aliphatic heterocycles. The van der Waals surface area contributed by atoms with E-state index in [0.29, 0.717) is 11.3 Å². The van der Waals surface area contributed by atoms with Crippen LogP contribution in [-0.4, -0.2) is 17.6 Å². The number of hydrogen-bond donors (Lipinski definition) is 2. The van der Waals surface area contributed by atoms with Crippen LogP contribution in [0, 0.1) is 17.7 Å². The normalized spacial score (nSPS) is 9.70. The standard InChI is InChI=1S/C14H12FN3O2/c15-13-8-10(2-1-6-16)3-4-12(13)14(19)17-9-11-5-7-20-18-11/h3-5,7-8H,6,9,16H2,(H,17,19). The summed E-state index contributed by atoms with van der Waals surface area (Å²) < 4.78 is 18.4. The highest BCUT2D eigenvalue weighted by atomic mass is 19.1. The highest BCUT2D eigenvalue weighted by Gasteiger charge is 2.12. The first-order chi connectivity index (χ1) is 9.70. The first kappa shape index (κ1) is 13.8. The third kappa shape index (κ3) is 3.43. The molecular formula is C14H12FN3O2. The predicted molar refractivity (Wildman–Crippen MR) is 70.0 cm³/mol. The molecule has 0 radical (unpaired) electrons. The van der Waals surface area contributed by atoms with Crippen LogP contribution in [0.1, 0.15) is 21.6 Å². The van der Waals surface area contributed by atoms with Gasteiger partial charge >= 0.3 is 0 Å². The number of carbonyl (C=O) groups excluding carboxylic acids is 1. The highest BCUT2D eigenvalue weighted by Crippen LogP contribution is 2.10. The lowest BCUT2D eigenvalue weighted by Gasteiger charge is -2.04. The predicted octanol–water partition coefficient (Wildman–Crippen LogP) is 1.05. The van der Waals surface area contributed by atoms with Gasteiger partial charge in [0.05, 0.1) is 18.7 Å². The van der Waals surface area contributed by atoms with Gasteiger partial charge in [-0.1, -0.05) is 17.0 Å². The van der Waals surface area contributed by atoms with Crippen molar-refractivity contribution in [3.8, 4) is 11.8 Å². The van der Waals surface area contributed by atoms with E-state index in [2.05, 4.69) is 26.8 Å². The highest BCUT2D eigenvalue weighted by molar-refractivity contribution is 5.94. The van der Waals surface area contributed by atoms with E-state index >= 15 is 0 Å². The zero-order valence-electron chi connectivity index (χ0n) is 10.5. The quantitative estimate of drug-likeness (QED) is 0.819. The van der Waals surface area contributed by atoms with Gasteiger partial charge in [0.2, 0.25) is 0 Å². The van der Waals surface area contributed by atoms with Gasteiger partial charge in [-0.05, 0) is 18.2 Å². The molecule has 0 spiro atoms. The zero-order chi connectivity index (χ0) is 14.4. The number of nitrogens with one attached hydrogen (secondary N) is 1. The summed E-state index contributed by atoms with van der Waals surface area (Å²) in [7, 11) is 0. The van der Waals surface area contributed by atoms with Gasteiger partial charge in [0.25, 0.3) is 5.91 Å². The summed E-state index contributed by atoms with van der Waals surface area (Å²) in [6, 6.07) is 5.76. The Hall–Kier alpha value is -2.65. The fraction of sp³-hybridized carbons (Fsp3) is 0.143. The number of hydrogen-bond acceptors (Lipinski definition) is 4. The molecule has 0 saturated carbocycles. The molecule has 20 heavy (non-hydrogen) atoms. The molecule has 0 aliphatic carbocycles. The van der Waals surface area contributed by atoms with Crippen molar-refractivity contribution in [3.63, 3.8) is 0 Å². The largest absolute Gasteiger partial charge is 0.364 e. The second-order valence-corrected chi connectivity index (χ2v) is 3.87. The van der Waals surface area contributed by atoms with Crippen LogP contribution in [0.2, 0.25) is 0 Å². The van der Waals surface area contributed by atoms with Crippen LogP contribution in [0.15, 0.2) is 35.1 Å². The Morgan fingerprint density at radius 3 is 2.95 bits per heavy atom. The minimum atomic E-state index is -0.633. The van der Waals surface area contributed by atoms with Crippen LogP contribution in [0.4, 0.5) is 4.39 Å². The Bertz CT molecular complexity index is 657. The summed E-state index contributed by atoms with van der Waals surface area (Å²) in [5.74, 6) is 4.16. The summed E-state index contributed by atoms with van der Waals surface area (Å²) >= 11 is 0. The van der Waals surface area contributed by atoms with Gasteiger partial charge in [0, 0.05) is 11.6 Å². The maximum absolute atomic E-state index is 13.8. The molecule has 2 rings (SSSR count). The Kier molecular flexibility index (Phi) is 4.47. The topological polar surface area (TPSA) is 81.2 Å². The van der Waals surface area contributed by atoms with Gasteiger partial charge in [-0.2, -0.15) is 0 Å². The Balaban J connectivity index is 2.06. The maximum Gasteiger partial charge on any atom is 0.254 e. The third-order valence-electron chi connectivity index (χ3n) is 2.47. The molecule has 102 valence electrons. The fourth-order valence-electron chi connectivity index (χ4n) is 1.52. The number of halogens is 1. The lowest BCUT2D eigenvalue weighted by Crippen LogP contribution is -2.24. The van der Waals surface area contributed by atoms with E-state index in [4.69, 9.17) is 5.73 Å². The Labute approximate surface area is 114 Å². The van der Waals surface area contributed by atoms with E-state index in [9.17, 15) is 9.18 Å². The minimum Gasteiger partial charge on any atom is -0.364 e. The molecule has 1 aromatic carbocycles. The fourth-order valence-corrected chi connectivity index (χ4v) is 1.52. The molecule has 0 saturated heterocycles. The van der Waals surface area contributed by atoms with Crippen LogP contribution < -0.4 is 11.1 Å². The molecular weight excluding hydrogens is 261 g/mol. The molecule has 1 heterocycles. The number of rotatable bonds is 3. The zero-order valence-corrected chi connectivity index (χ0v) is 10.5. The van der Waals surface area contributed by atoms with E-state index in [1.54, 1.807) is 12.1 Å². The van der Waals surface area contributed by atoms with Crippen molar-refractivity contribution in [2.45, 2.75) is 6.54 Å². The summed E-state index contributed by atoms with van der Waals surface area (Å²) in [5, 5.41) is 6.19. The molecule has 0 unspecified atom stereocenters. The second-order valence-electron chi connectivity index (χ2n) is 3.87. The number of aromatic nitrogens is 1. The van der Waals surface area contributed by atoms with E-state index in [-0.39, 0.29) is 18.7 Å². The van der Waals surface area contributed by atoms with Crippen LogP contribution in [-0.2, 0) is 6.54 Å². The first-order valence-electron chi connectivity index (χ1n) is 5.86. The van der Waals surface area contributed by atoms with Crippen LogP contribution in [0.25, 0.3) is 0 Å². The summed E-state index contributed by atoms with van der Waals surface area (Å²) in [5.41, 5.74) is 6.22. The Morgan fingerprint density at radius 2 is 2.30 bits per heavy atom. The number of amides is 1. The molecule has 5 nitrogen and oxygen atoms in total. The molecule has 0 bridgehead atoms. The van der Waals surface area contributed by atoms with Crippen molar-refractivity contribution < 1.29 is 13.7 Å². The van der Waals surface area contributed by atoms with Crippen molar-refractivity contribution in [1.29, 1.82) is 0 Å². The van der Waals surface area contributed by atoms with Crippen LogP contribution in [0.5, 0.6) is 0 Å². The second kappa shape index (κ2) is 6.50. The minimum absolute atomic E-state index is 0.0493. The summed E-state index contributed by atoms with van der Waals surface area (Å²) in [6.45, 7) is 0.366. The lowest BCUT2D eigenvalue weighted by molar-refractivity contribution is 0.0946. The maximum atomic E-state index is 13.8. The third-order valence-corrected chi connectivity index (χ3v) is 2.47. The molecule has 1 amide bonds. The van der Waals surface area contributed by atoms with E-state index < -0.39 is 11.7 Å². The van der Waals surface area contributed by atoms with Gasteiger partial charge in [0.1, 0.15) is 17.8 Å². The van der Waals surface area contributed by atoms with Gasteiger partial charge in [-0.25, -0.2) is 4.39 Å². The molecule has 1 aromatic heterocycles. The van der Waals surface area contributed by atoms with E-state index in [1.165, 1.54) is 18.4 Å². The molecule has 0 fully saturated rings. The molecule has 0 aliphatic rings. The van der Waals surface area contributed by atoms with Crippen molar-refractivity contribution in [1.82, 2.24) is 10.5 Å². The van der Waals surface area contributed by atoms with Crippen molar-refractivity contribution in [3.05, 3.63) is 53.2 Å². The summed E-state index contributed by atoms with van der Waals surface area (Å²) in [6.07, 6.45) is 1.40. The van der Waals surface area contributed by atoms with Gasteiger partial charge in [0.15, 0.2) is 0 Å². The number of carbonyl (C=O) groups is 1. The lowest BCUT2D eigenvalue weighted by atomic mass is 10.1. The van der Waals surface area contributed by atoms with E-state index in [1.807, 2.05) is 0 Å². The van der Waals surface area contributed by atoms with Crippen molar-refractivity contribution in [2.24, 2.45) is 5.73 Å². The van der Waals surface area contributed by atoms with E-state index in [0.717, 1.165) is 0 Å². The molecule has 6 heteroatoms. The molecule has 3 N–H and O–H groups in total. The number of benzene rings is 1. The average molecular weight is 273 g/mol. The van der Waals surface area contributed by atoms with Gasteiger partial charge < -0.3 is 15.6 Å². The average Bonchev–Trinajstić information content (AvgIpc) is 2.96. The van der Waals surface area contributed by atoms with Crippen molar-refractivity contribution >= 4 is 5.91 Å². The number of nitrogens with two attached hydrogens (primary N) is 1. The first-order valence-corrected chi connectivity index (χ1v) is 5.86. The van der Waals surface area contributed by atoms with Crippen LogP contribution in [0.3, 0.4) is 0 Å². The number of nitrogens with zero attached hydrogens (tertiary/aromatic N) is 1.